The molecule has 3 N–H and O–H groups in total. The van der Waals surface area contributed by atoms with Crippen LogP contribution >= 0.6 is 0 Å². The van der Waals surface area contributed by atoms with Gasteiger partial charge in [-0.1, -0.05) is 55.0 Å². The van der Waals surface area contributed by atoms with E-state index in [4.69, 9.17) is 4.74 Å². The van der Waals surface area contributed by atoms with E-state index in [1.807, 2.05) is 44.2 Å². The van der Waals surface area contributed by atoms with Crippen LogP contribution in [0.3, 0.4) is 0 Å². The minimum Gasteiger partial charge on any atom is -0.457 e. The van der Waals surface area contributed by atoms with Crippen LogP contribution in [0.2, 0.25) is 0 Å². The van der Waals surface area contributed by atoms with E-state index in [1.54, 1.807) is 19.1 Å². The molecule has 1 spiro atoms. The highest BCUT2D eigenvalue weighted by Crippen LogP contribution is 2.57. The molecule has 1 aliphatic heterocycles. The molecule has 1 fully saturated rings. The first-order chi connectivity index (χ1) is 17.4. The molecule has 4 rings (SSSR count). The van der Waals surface area contributed by atoms with E-state index in [0.29, 0.717) is 12.8 Å². The number of ether oxygens (including phenoxy) is 1. The van der Waals surface area contributed by atoms with Crippen LogP contribution in [0.1, 0.15) is 46.6 Å². The van der Waals surface area contributed by atoms with Gasteiger partial charge in [0.05, 0.1) is 6.10 Å². The van der Waals surface area contributed by atoms with Gasteiger partial charge in [0.15, 0.2) is 5.78 Å². The third-order valence-electron chi connectivity index (χ3n) is 8.49. The standard InChI is InChI=1S/C30H37NO6/c1-17-10-9-13-22-26(33)19(3)18(2)25-23(16-21-11-7-6-8-12-21)31-28(35)30(22,25)24(37-20(4)32)14-15-29(5,36)27(17)34/h6-9,11-15,17,22-26,33,36H,10,16H2,1-5H3,(H,31,35)/t17-,22-,23-,24+,25+,26+,29+,30+/m0/s1. The van der Waals surface area contributed by atoms with Crippen LogP contribution in [0, 0.1) is 23.2 Å². The zero-order valence-corrected chi connectivity index (χ0v) is 22.1. The highest BCUT2D eigenvalue weighted by atomic mass is 16.5. The van der Waals surface area contributed by atoms with Gasteiger partial charge in [-0.25, -0.2) is 0 Å². The highest BCUT2D eigenvalue weighted by Gasteiger charge is 2.67. The smallest absolute Gasteiger partial charge is 0.303 e. The van der Waals surface area contributed by atoms with E-state index in [9.17, 15) is 24.6 Å². The van der Waals surface area contributed by atoms with Crippen molar-refractivity contribution < 1.29 is 29.3 Å². The van der Waals surface area contributed by atoms with Gasteiger partial charge >= 0.3 is 5.97 Å². The lowest BCUT2D eigenvalue weighted by Crippen LogP contribution is -2.58. The number of Topliss-reactive ketones (excluding diaryl/α,β-unsaturated/α-hetero) is 1. The first-order valence-corrected chi connectivity index (χ1v) is 12.9. The fourth-order valence-electron chi connectivity index (χ4n) is 6.54. The van der Waals surface area contributed by atoms with Crippen molar-refractivity contribution in [3.05, 3.63) is 71.3 Å². The Kier molecular flexibility index (Phi) is 7.32. The third-order valence-corrected chi connectivity index (χ3v) is 8.49. The number of benzene rings is 1. The summed E-state index contributed by atoms with van der Waals surface area (Å²) < 4.78 is 5.82. The summed E-state index contributed by atoms with van der Waals surface area (Å²) in [4.78, 5) is 39.5. The zero-order chi connectivity index (χ0) is 27.1. The van der Waals surface area contributed by atoms with Crippen LogP contribution in [0.25, 0.3) is 0 Å². The third kappa shape index (κ3) is 4.59. The average Bonchev–Trinajstić information content (AvgIpc) is 3.13. The maximum absolute atomic E-state index is 14.2. The number of esters is 1. The normalized spacial score (nSPS) is 37.9. The highest BCUT2D eigenvalue weighted by molar-refractivity contribution is 5.91. The molecule has 1 aromatic rings. The summed E-state index contributed by atoms with van der Waals surface area (Å²) in [5.41, 5.74) is -0.500. The molecule has 198 valence electrons. The van der Waals surface area contributed by atoms with Gasteiger partial charge in [-0.05, 0) is 56.9 Å². The number of nitrogens with one attached hydrogen (secondary N) is 1. The Morgan fingerprint density at radius 1 is 1.14 bits per heavy atom. The van der Waals surface area contributed by atoms with E-state index >= 15 is 0 Å². The SMILES string of the molecule is CC(=O)O[C@@H]1C=C[C@@](C)(O)C(=O)[C@@H](C)CC=C[C@H]2[C@H](O)C(C)=C(C)[C@@H]3[C@H](Cc4ccccc4)NC(=O)[C@@]312. The first-order valence-electron chi connectivity index (χ1n) is 12.9. The average molecular weight is 508 g/mol. The monoisotopic (exact) mass is 507 g/mol. The van der Waals surface area contributed by atoms with Crippen molar-refractivity contribution in [1.82, 2.24) is 5.32 Å². The van der Waals surface area contributed by atoms with Crippen molar-refractivity contribution in [1.29, 1.82) is 0 Å². The Labute approximate surface area is 218 Å². The van der Waals surface area contributed by atoms with Crippen LogP contribution in [0.4, 0.5) is 0 Å². The number of hydrogen-bond donors (Lipinski definition) is 3. The van der Waals surface area contributed by atoms with Crippen molar-refractivity contribution >= 4 is 17.7 Å². The molecule has 7 heteroatoms. The van der Waals surface area contributed by atoms with Crippen LogP contribution < -0.4 is 5.32 Å². The summed E-state index contributed by atoms with van der Waals surface area (Å²) in [5, 5.41) is 25.7. The Morgan fingerprint density at radius 3 is 2.46 bits per heavy atom. The molecule has 7 nitrogen and oxygen atoms in total. The number of allylic oxidation sites excluding steroid dienone is 1. The van der Waals surface area contributed by atoms with Gasteiger partial charge in [-0.15, -0.1) is 0 Å². The van der Waals surface area contributed by atoms with Gasteiger partial charge in [-0.3, -0.25) is 14.4 Å². The lowest BCUT2D eigenvalue weighted by molar-refractivity contribution is -0.161. The van der Waals surface area contributed by atoms with Gasteiger partial charge in [0.2, 0.25) is 5.91 Å². The van der Waals surface area contributed by atoms with Crippen molar-refractivity contribution in [2.24, 2.45) is 23.2 Å². The quantitative estimate of drug-likeness (QED) is 0.428. The van der Waals surface area contributed by atoms with Crippen LogP contribution in [-0.4, -0.2) is 51.7 Å². The van der Waals surface area contributed by atoms with E-state index in [1.165, 1.54) is 26.0 Å². The topological polar surface area (TPSA) is 113 Å². The van der Waals surface area contributed by atoms with E-state index < -0.39 is 46.9 Å². The summed E-state index contributed by atoms with van der Waals surface area (Å²) in [6.45, 7) is 8.20. The van der Waals surface area contributed by atoms with E-state index in [0.717, 1.165) is 16.7 Å². The van der Waals surface area contributed by atoms with E-state index in [2.05, 4.69) is 5.32 Å². The molecule has 3 aliphatic rings. The predicted octanol–water partition coefficient (Wildman–Crippen LogP) is 3.06. The number of amides is 1. The Morgan fingerprint density at radius 2 is 1.81 bits per heavy atom. The van der Waals surface area contributed by atoms with Gasteiger partial charge in [0.1, 0.15) is 17.1 Å². The van der Waals surface area contributed by atoms with Gasteiger partial charge < -0.3 is 20.3 Å². The predicted molar refractivity (Wildman–Crippen MR) is 139 cm³/mol. The molecule has 37 heavy (non-hydrogen) atoms. The Bertz CT molecular complexity index is 1170. The maximum Gasteiger partial charge on any atom is 0.303 e. The van der Waals surface area contributed by atoms with Gasteiger partial charge in [-0.2, -0.15) is 0 Å². The minimum atomic E-state index is -1.82. The lowest BCUT2D eigenvalue weighted by atomic mass is 9.54. The number of hydrogen-bond acceptors (Lipinski definition) is 6. The molecule has 0 radical (unpaired) electrons. The van der Waals surface area contributed by atoms with Crippen molar-refractivity contribution in [2.45, 2.75) is 71.3 Å². The molecule has 0 saturated carbocycles. The Balaban J connectivity index is 1.96. The van der Waals surface area contributed by atoms with Gasteiger partial charge in [0.25, 0.3) is 0 Å². The second kappa shape index (κ2) is 10.0. The number of carbonyl (C=O) groups excluding carboxylic acids is 3. The number of rotatable bonds is 3. The van der Waals surface area contributed by atoms with Crippen molar-refractivity contribution in [3.63, 3.8) is 0 Å². The van der Waals surface area contributed by atoms with Crippen molar-refractivity contribution in [3.8, 4) is 0 Å². The molecule has 1 saturated heterocycles. The fraction of sp³-hybridized carbons (Fsp3) is 0.500. The number of aliphatic hydroxyl groups excluding tert-OH is 1. The maximum atomic E-state index is 14.2. The zero-order valence-electron chi connectivity index (χ0n) is 22.1. The molecule has 1 amide bonds. The second-order valence-corrected chi connectivity index (χ2v) is 11.0. The minimum absolute atomic E-state index is 0.314. The molecule has 2 aliphatic carbocycles. The molecular weight excluding hydrogens is 470 g/mol. The molecule has 1 aromatic carbocycles. The summed E-state index contributed by atoms with van der Waals surface area (Å²) in [6.07, 6.45) is 5.17. The number of aliphatic hydroxyl groups is 2. The molecule has 0 aromatic heterocycles. The fourth-order valence-corrected chi connectivity index (χ4v) is 6.54. The number of carbonyl (C=O) groups is 3. The van der Waals surface area contributed by atoms with Crippen molar-refractivity contribution in [2.75, 3.05) is 0 Å². The molecular formula is C30H37NO6. The summed E-state index contributed by atoms with van der Waals surface area (Å²) >= 11 is 0. The summed E-state index contributed by atoms with van der Waals surface area (Å²) in [7, 11) is 0. The Hall–Kier alpha value is -3.03. The van der Waals surface area contributed by atoms with Crippen LogP contribution in [0.15, 0.2) is 65.8 Å². The molecule has 1 heterocycles. The molecule has 0 bridgehead atoms. The van der Waals surface area contributed by atoms with Crippen LogP contribution in [-0.2, 0) is 25.5 Å². The number of ketones is 1. The first kappa shape index (κ1) is 27.0. The second-order valence-electron chi connectivity index (χ2n) is 11.0. The molecule has 8 atom stereocenters. The summed E-state index contributed by atoms with van der Waals surface area (Å²) in [5.74, 6) is -2.92. The molecule has 0 unspecified atom stereocenters. The largest absolute Gasteiger partial charge is 0.457 e. The lowest BCUT2D eigenvalue weighted by Gasteiger charge is -2.49. The van der Waals surface area contributed by atoms with Gasteiger partial charge in [0, 0.05) is 30.7 Å². The van der Waals surface area contributed by atoms with Crippen LogP contribution in [0.5, 0.6) is 0 Å². The summed E-state index contributed by atoms with van der Waals surface area (Å²) in [6, 6.07) is 9.52. The van der Waals surface area contributed by atoms with E-state index in [-0.39, 0.29) is 17.7 Å².